The Morgan fingerprint density at radius 1 is 1.22 bits per heavy atom. The molecule has 6 heteroatoms. The van der Waals surface area contributed by atoms with Gasteiger partial charge in [0.2, 0.25) is 11.8 Å². The topological polar surface area (TPSA) is 64.7 Å². The van der Waals surface area contributed by atoms with Gasteiger partial charge in [0.25, 0.3) is 0 Å². The van der Waals surface area contributed by atoms with Crippen LogP contribution in [0.15, 0.2) is 0 Å². The zero-order valence-corrected chi connectivity index (χ0v) is 11.7. The van der Waals surface area contributed by atoms with Gasteiger partial charge in [-0.2, -0.15) is 0 Å². The molecule has 0 aromatic rings. The Balaban J connectivity index is 2.39. The second-order valence-corrected chi connectivity index (χ2v) is 4.96. The summed E-state index contributed by atoms with van der Waals surface area (Å²) in [4.78, 5) is 27.3. The number of rotatable bonds is 4. The van der Waals surface area contributed by atoms with Crippen molar-refractivity contribution in [1.82, 2.24) is 20.4 Å². The zero-order valence-electron chi connectivity index (χ0n) is 11.7. The van der Waals surface area contributed by atoms with Gasteiger partial charge in [0.1, 0.15) is 6.04 Å². The molecule has 0 radical (unpaired) electrons. The van der Waals surface area contributed by atoms with Crippen LogP contribution in [0.4, 0.5) is 0 Å². The summed E-state index contributed by atoms with van der Waals surface area (Å²) in [6.07, 6.45) is 0.324. The van der Waals surface area contributed by atoms with Crippen molar-refractivity contribution in [2.75, 3.05) is 40.8 Å². The third kappa shape index (κ3) is 3.96. The average Bonchev–Trinajstić information content (AvgIpc) is 2.33. The Labute approximate surface area is 109 Å². The minimum atomic E-state index is -0.129. The highest BCUT2D eigenvalue weighted by atomic mass is 16.3. The highest BCUT2D eigenvalue weighted by molar-refractivity contribution is 5.83. The van der Waals surface area contributed by atoms with Crippen LogP contribution in [0.3, 0.4) is 0 Å². The van der Waals surface area contributed by atoms with Gasteiger partial charge in [-0.3, -0.25) is 14.5 Å². The number of piperazine rings is 1. The fourth-order valence-corrected chi connectivity index (χ4v) is 2.10. The van der Waals surface area contributed by atoms with Crippen LogP contribution >= 0.6 is 0 Å². The molecule has 0 saturated carbocycles. The SMILES string of the molecule is CC1C[15N]([13CH3])C(C(=O)[15NH]CC[13C](=O)[15NH][13CH3])C[15N]1C. The van der Waals surface area contributed by atoms with Crippen LogP contribution in [0.25, 0.3) is 0 Å². The highest BCUT2D eigenvalue weighted by Gasteiger charge is 2.31. The summed E-state index contributed by atoms with van der Waals surface area (Å²) < 4.78 is 0. The maximum absolute atomic E-state index is 12.0. The Hall–Kier alpha value is -1.14. The first-order chi connectivity index (χ1) is 8.45. The van der Waals surface area contributed by atoms with E-state index in [1.54, 1.807) is 7.05 Å². The largest absolute Gasteiger partial charge is 0.359 e. The maximum Gasteiger partial charge on any atom is 0.238 e. The van der Waals surface area contributed by atoms with Crippen molar-refractivity contribution in [1.29, 1.82) is 0 Å². The molecule has 2 atom stereocenters. The first kappa shape index (κ1) is 14.9. The molecule has 6 nitrogen and oxygen atoms in total. The van der Waals surface area contributed by atoms with Gasteiger partial charge in [-0.1, -0.05) is 0 Å². The van der Waals surface area contributed by atoms with Crippen LogP contribution in [0.5, 0.6) is 0 Å². The second-order valence-electron chi connectivity index (χ2n) is 4.96. The van der Waals surface area contributed by atoms with E-state index < -0.39 is 0 Å². The lowest BCUT2D eigenvalue weighted by Gasteiger charge is -2.41. The van der Waals surface area contributed by atoms with E-state index in [1.807, 2.05) is 14.1 Å². The van der Waals surface area contributed by atoms with Crippen LogP contribution < -0.4 is 10.6 Å². The standard InChI is InChI=1S/C12H24N4O2/c1-9-7-16(4)10(8-15(9)3)12(18)14-6-5-11(17)13-2/h9-10H,5-8H2,1-4H3,(H,13,17)(H,14,18)/i2+1,4+1,11+1,13+1,14+1,15+1,16+1. The van der Waals surface area contributed by atoms with E-state index in [4.69, 9.17) is 0 Å². The second kappa shape index (κ2) is 6.70. The molecule has 2 N–H and O–H groups in total. The van der Waals surface area contributed by atoms with Crippen LogP contribution in [-0.4, -0.2) is 74.5 Å². The van der Waals surface area contributed by atoms with Crippen molar-refractivity contribution in [3.05, 3.63) is 0 Å². The molecular weight excluding hydrogens is 239 g/mol. The maximum atomic E-state index is 12.0. The molecule has 2 unspecified atom stereocenters. The summed E-state index contributed by atoms with van der Waals surface area (Å²) in [5.74, 6) is -0.0572. The first-order valence-electron chi connectivity index (χ1n) is 6.34. The van der Waals surface area contributed by atoms with Gasteiger partial charge in [0, 0.05) is 39.1 Å². The summed E-state index contributed by atoms with van der Waals surface area (Å²) >= 11 is 0. The molecule has 0 aliphatic carbocycles. The number of hydrogen-bond donors (Lipinski definition) is 2. The molecule has 1 aliphatic heterocycles. The Bertz CT molecular complexity index is 308. The van der Waals surface area contributed by atoms with Gasteiger partial charge < -0.3 is 15.5 Å². The number of carbonyl (C=O) groups excluding carboxylic acids is 2. The number of amides is 2. The fraction of sp³-hybridized carbons (Fsp3) is 0.833. The normalized spacial score (nSPS) is 25.8. The molecule has 1 heterocycles. The molecule has 0 aromatic heterocycles. The molecule has 1 saturated heterocycles. The minimum Gasteiger partial charge on any atom is -0.359 e. The van der Waals surface area contributed by atoms with Gasteiger partial charge in [-0.25, -0.2) is 0 Å². The molecule has 1 aliphatic rings. The Kier molecular flexibility index (Phi) is 5.55. The van der Waals surface area contributed by atoms with Crippen molar-refractivity contribution in [2.45, 2.75) is 25.4 Å². The van der Waals surface area contributed by atoms with E-state index in [0.717, 1.165) is 13.1 Å². The lowest BCUT2D eigenvalue weighted by molar-refractivity contribution is -0.128. The third-order valence-corrected chi connectivity index (χ3v) is 3.53. The zero-order chi connectivity index (χ0) is 13.7. The summed E-state index contributed by atoms with van der Waals surface area (Å²) in [7, 11) is 5.59. The quantitative estimate of drug-likeness (QED) is 0.498. The van der Waals surface area contributed by atoms with Gasteiger partial charge in [0.05, 0.1) is 0 Å². The lowest BCUT2D eigenvalue weighted by Crippen LogP contribution is -2.59. The monoisotopic (exact) mass is 263 g/mol. The first-order valence-corrected chi connectivity index (χ1v) is 6.34. The molecule has 104 valence electrons. The molecule has 0 spiro atoms. The molecular formula is C12H24N4O2. The van der Waals surface area contributed by atoms with E-state index in [9.17, 15) is 9.59 Å². The molecule has 18 heavy (non-hydrogen) atoms. The fourth-order valence-electron chi connectivity index (χ4n) is 2.10. The van der Waals surface area contributed by atoms with Crippen molar-refractivity contribution >= 4 is 11.8 Å². The van der Waals surface area contributed by atoms with Gasteiger partial charge in [0.15, 0.2) is 0 Å². The van der Waals surface area contributed by atoms with Crippen LogP contribution in [-0.2, 0) is 9.59 Å². The van der Waals surface area contributed by atoms with E-state index >= 15 is 0 Å². The number of nitrogens with zero attached hydrogens (tertiary/aromatic N) is 2. The van der Waals surface area contributed by atoms with E-state index in [1.165, 1.54) is 0 Å². The average molecular weight is 263 g/mol. The molecule has 1 rings (SSSR count). The number of nitrogens with one attached hydrogen (secondary N) is 2. The van der Waals surface area contributed by atoms with Crippen molar-refractivity contribution in [3.63, 3.8) is 0 Å². The van der Waals surface area contributed by atoms with Crippen LogP contribution in [0, 0.1) is 0 Å². The minimum absolute atomic E-state index is 0.000142. The number of likely N-dealkylation sites (N-methyl/N-ethyl adjacent to an activating group) is 2. The van der Waals surface area contributed by atoms with Gasteiger partial charge in [-0.15, -0.1) is 0 Å². The summed E-state index contributed by atoms with van der Waals surface area (Å²) in [6.45, 7) is 4.14. The predicted molar refractivity (Wildman–Crippen MR) is 70.2 cm³/mol. The van der Waals surface area contributed by atoms with E-state index in [0.29, 0.717) is 19.0 Å². The smallest absolute Gasteiger partial charge is 0.238 e. The predicted octanol–water partition coefficient (Wildman–Crippen LogP) is -1.13. The number of carbonyl (C=O) groups is 2. The third-order valence-electron chi connectivity index (χ3n) is 3.53. The van der Waals surface area contributed by atoms with Crippen LogP contribution in [0.1, 0.15) is 13.3 Å². The summed E-state index contributed by atoms with van der Waals surface area (Å²) in [5, 5.41) is 5.35. The van der Waals surface area contributed by atoms with E-state index in [2.05, 4.69) is 27.4 Å². The number of hydrogen-bond acceptors (Lipinski definition) is 4. The van der Waals surface area contributed by atoms with Crippen LogP contribution in [0.2, 0.25) is 0 Å². The Morgan fingerprint density at radius 3 is 2.50 bits per heavy atom. The lowest BCUT2D eigenvalue weighted by atomic mass is 10.2. The van der Waals surface area contributed by atoms with E-state index in [-0.39, 0.29) is 17.9 Å². The Morgan fingerprint density at radius 2 is 1.89 bits per heavy atom. The molecule has 2 amide bonds. The summed E-state index contributed by atoms with van der Waals surface area (Å²) in [5.41, 5.74) is 0. The van der Waals surface area contributed by atoms with Crippen molar-refractivity contribution in [3.8, 4) is 0 Å². The highest BCUT2D eigenvalue weighted by Crippen LogP contribution is 2.11. The van der Waals surface area contributed by atoms with Crippen molar-refractivity contribution < 1.29 is 9.59 Å². The summed E-state index contributed by atoms with van der Waals surface area (Å²) in [6, 6.07) is 0.334. The van der Waals surface area contributed by atoms with Gasteiger partial charge >= 0.3 is 0 Å². The van der Waals surface area contributed by atoms with Gasteiger partial charge in [-0.05, 0) is 21.0 Å². The molecule has 0 aromatic carbocycles. The molecule has 0 bridgehead atoms. The molecule has 1 fully saturated rings. The van der Waals surface area contributed by atoms with Crippen molar-refractivity contribution in [2.24, 2.45) is 0 Å².